The molecule has 0 saturated heterocycles. The van der Waals surface area contributed by atoms with E-state index in [1.54, 1.807) is 0 Å². The van der Waals surface area contributed by atoms with E-state index in [1.165, 1.54) is 11.1 Å². The Morgan fingerprint density at radius 2 is 1.79 bits per heavy atom. The molecule has 2 heterocycles. The van der Waals surface area contributed by atoms with E-state index in [9.17, 15) is 0 Å². The fraction of sp³-hybridized carbons (Fsp3) is 0.0667. The highest BCUT2D eigenvalue weighted by Crippen LogP contribution is 2.26. The summed E-state index contributed by atoms with van der Waals surface area (Å²) < 4.78 is 1.84. The molecule has 0 aliphatic rings. The van der Waals surface area contributed by atoms with Crippen LogP contribution in [-0.4, -0.2) is 20.0 Å². The van der Waals surface area contributed by atoms with Crippen LogP contribution in [-0.2, 0) is 7.05 Å². The van der Waals surface area contributed by atoms with E-state index in [1.807, 2.05) is 24.1 Å². The summed E-state index contributed by atoms with van der Waals surface area (Å²) in [5, 5.41) is 13.7. The minimum Gasteiger partial charge on any atom is -0.278 e. The molecule has 4 nitrogen and oxygen atoms in total. The molecule has 4 aromatic rings. The number of H-pyrrole nitrogens is 1. The first-order valence-corrected chi connectivity index (χ1v) is 6.16. The Hall–Kier alpha value is -2.62. The molecular formula is C15H12N4. The van der Waals surface area contributed by atoms with E-state index >= 15 is 0 Å². The topological polar surface area (TPSA) is 46.5 Å². The lowest BCUT2D eigenvalue weighted by atomic mass is 10.0. The first-order valence-electron chi connectivity index (χ1n) is 6.16. The molecule has 0 amide bonds. The smallest absolute Gasteiger partial charge is 0.0923 e. The summed E-state index contributed by atoms with van der Waals surface area (Å²) in [5.74, 6) is 0. The molecule has 4 heteroatoms. The van der Waals surface area contributed by atoms with Crippen LogP contribution in [0.5, 0.6) is 0 Å². The molecule has 0 atom stereocenters. The number of benzene rings is 2. The lowest BCUT2D eigenvalue weighted by Gasteiger charge is -2.01. The van der Waals surface area contributed by atoms with Gasteiger partial charge < -0.3 is 0 Å². The Bertz CT molecular complexity index is 885. The first kappa shape index (κ1) is 10.3. The van der Waals surface area contributed by atoms with Crippen molar-refractivity contribution in [2.24, 2.45) is 7.05 Å². The second-order valence-electron chi connectivity index (χ2n) is 4.75. The SMILES string of the molecule is Cn1cc2cc(-c3ccc4[nH]ncc4c3)ccc2n1. The predicted octanol–water partition coefficient (Wildman–Crippen LogP) is 3.12. The van der Waals surface area contributed by atoms with E-state index < -0.39 is 0 Å². The molecule has 0 radical (unpaired) electrons. The van der Waals surface area contributed by atoms with Crippen LogP contribution >= 0.6 is 0 Å². The van der Waals surface area contributed by atoms with Crippen LogP contribution in [0.25, 0.3) is 32.9 Å². The van der Waals surface area contributed by atoms with Gasteiger partial charge in [-0.05, 0) is 35.4 Å². The van der Waals surface area contributed by atoms with Gasteiger partial charge in [0.2, 0.25) is 0 Å². The Kier molecular flexibility index (Phi) is 2.00. The second-order valence-corrected chi connectivity index (χ2v) is 4.75. The van der Waals surface area contributed by atoms with Gasteiger partial charge >= 0.3 is 0 Å². The maximum absolute atomic E-state index is 4.39. The van der Waals surface area contributed by atoms with Gasteiger partial charge in [0.05, 0.1) is 17.2 Å². The van der Waals surface area contributed by atoms with Crippen LogP contribution in [0.4, 0.5) is 0 Å². The monoisotopic (exact) mass is 248 g/mol. The third-order valence-electron chi connectivity index (χ3n) is 3.39. The van der Waals surface area contributed by atoms with Crippen molar-refractivity contribution in [3.8, 4) is 11.1 Å². The zero-order valence-electron chi connectivity index (χ0n) is 10.5. The van der Waals surface area contributed by atoms with Crippen LogP contribution in [0.15, 0.2) is 48.8 Å². The van der Waals surface area contributed by atoms with E-state index in [0.29, 0.717) is 0 Å². The molecule has 1 N–H and O–H groups in total. The maximum atomic E-state index is 4.39. The van der Waals surface area contributed by atoms with Gasteiger partial charge in [0.25, 0.3) is 0 Å². The zero-order chi connectivity index (χ0) is 12.8. The normalized spacial score (nSPS) is 11.4. The van der Waals surface area contributed by atoms with Crippen LogP contribution in [0, 0.1) is 0 Å². The number of aryl methyl sites for hydroxylation is 1. The maximum Gasteiger partial charge on any atom is 0.0923 e. The van der Waals surface area contributed by atoms with Crippen LogP contribution in [0.1, 0.15) is 0 Å². The molecule has 2 aromatic heterocycles. The minimum absolute atomic E-state index is 1.02. The quantitative estimate of drug-likeness (QED) is 0.562. The molecule has 0 bridgehead atoms. The van der Waals surface area contributed by atoms with E-state index in [4.69, 9.17) is 0 Å². The summed E-state index contributed by atoms with van der Waals surface area (Å²) in [4.78, 5) is 0. The Morgan fingerprint density at radius 3 is 2.68 bits per heavy atom. The summed E-state index contributed by atoms with van der Waals surface area (Å²) in [7, 11) is 1.94. The number of hydrogen-bond donors (Lipinski definition) is 1. The van der Waals surface area contributed by atoms with Crippen molar-refractivity contribution in [3.63, 3.8) is 0 Å². The van der Waals surface area contributed by atoms with Gasteiger partial charge in [-0.25, -0.2) is 0 Å². The summed E-state index contributed by atoms with van der Waals surface area (Å²) >= 11 is 0. The van der Waals surface area contributed by atoms with Crippen molar-refractivity contribution in [3.05, 3.63) is 48.8 Å². The van der Waals surface area contributed by atoms with Gasteiger partial charge in [0.15, 0.2) is 0 Å². The van der Waals surface area contributed by atoms with E-state index in [0.717, 1.165) is 21.8 Å². The molecule has 19 heavy (non-hydrogen) atoms. The van der Waals surface area contributed by atoms with E-state index in [2.05, 4.69) is 51.7 Å². The molecule has 0 fully saturated rings. The molecule has 0 spiro atoms. The molecular weight excluding hydrogens is 236 g/mol. The molecule has 4 rings (SSSR count). The van der Waals surface area contributed by atoms with Gasteiger partial charge in [-0.2, -0.15) is 10.2 Å². The fourth-order valence-electron chi connectivity index (χ4n) is 2.45. The number of fused-ring (bicyclic) bond motifs is 2. The van der Waals surface area contributed by atoms with Crippen molar-refractivity contribution >= 4 is 21.8 Å². The summed E-state index contributed by atoms with van der Waals surface area (Å²) in [6.07, 6.45) is 3.89. The standard InChI is InChI=1S/C15H12N4/c1-19-9-13-7-11(3-5-15(13)18-19)10-2-4-14-12(6-10)8-16-17-14/h2-9H,1H3,(H,16,17). The average Bonchev–Trinajstić information content (AvgIpc) is 3.01. The van der Waals surface area contributed by atoms with Crippen molar-refractivity contribution < 1.29 is 0 Å². The number of rotatable bonds is 1. The van der Waals surface area contributed by atoms with Gasteiger partial charge in [-0.15, -0.1) is 0 Å². The lowest BCUT2D eigenvalue weighted by molar-refractivity contribution is 0.780. The number of nitrogens with zero attached hydrogens (tertiary/aromatic N) is 3. The molecule has 0 saturated carbocycles. The van der Waals surface area contributed by atoms with Crippen molar-refractivity contribution in [1.82, 2.24) is 20.0 Å². The third-order valence-corrected chi connectivity index (χ3v) is 3.39. The van der Waals surface area contributed by atoms with Crippen molar-refractivity contribution in [1.29, 1.82) is 0 Å². The fourth-order valence-corrected chi connectivity index (χ4v) is 2.45. The summed E-state index contributed by atoms with van der Waals surface area (Å²) in [5.41, 5.74) is 4.48. The zero-order valence-corrected chi connectivity index (χ0v) is 10.5. The summed E-state index contributed by atoms with van der Waals surface area (Å²) in [6, 6.07) is 12.7. The number of aromatic nitrogens is 4. The van der Waals surface area contributed by atoms with Crippen LogP contribution in [0.2, 0.25) is 0 Å². The molecule has 0 aliphatic heterocycles. The number of aromatic amines is 1. The lowest BCUT2D eigenvalue weighted by Crippen LogP contribution is -1.84. The van der Waals surface area contributed by atoms with Crippen molar-refractivity contribution in [2.45, 2.75) is 0 Å². The number of hydrogen-bond acceptors (Lipinski definition) is 2. The van der Waals surface area contributed by atoms with Crippen LogP contribution in [0.3, 0.4) is 0 Å². The predicted molar refractivity (Wildman–Crippen MR) is 75.8 cm³/mol. The molecule has 0 unspecified atom stereocenters. The molecule has 2 aromatic carbocycles. The Morgan fingerprint density at radius 1 is 1.00 bits per heavy atom. The van der Waals surface area contributed by atoms with Crippen molar-refractivity contribution in [2.75, 3.05) is 0 Å². The highest BCUT2D eigenvalue weighted by molar-refractivity contribution is 5.88. The van der Waals surface area contributed by atoms with Gasteiger partial charge in [0, 0.05) is 24.0 Å². The molecule has 92 valence electrons. The average molecular weight is 248 g/mol. The molecule has 0 aliphatic carbocycles. The first-order chi connectivity index (χ1) is 9.29. The highest BCUT2D eigenvalue weighted by atomic mass is 15.2. The largest absolute Gasteiger partial charge is 0.278 e. The number of nitrogens with one attached hydrogen (secondary N) is 1. The third kappa shape index (κ3) is 1.61. The Balaban J connectivity index is 1.91. The Labute approximate surface area is 109 Å². The second kappa shape index (κ2) is 3.68. The summed E-state index contributed by atoms with van der Waals surface area (Å²) in [6.45, 7) is 0. The van der Waals surface area contributed by atoms with Gasteiger partial charge in [-0.3, -0.25) is 9.78 Å². The van der Waals surface area contributed by atoms with Gasteiger partial charge in [-0.1, -0.05) is 12.1 Å². The van der Waals surface area contributed by atoms with E-state index in [-0.39, 0.29) is 0 Å². The highest BCUT2D eigenvalue weighted by Gasteiger charge is 2.04. The van der Waals surface area contributed by atoms with Gasteiger partial charge in [0.1, 0.15) is 0 Å². The minimum atomic E-state index is 1.02. The van der Waals surface area contributed by atoms with Crippen LogP contribution < -0.4 is 0 Å².